The Morgan fingerprint density at radius 2 is 2.33 bits per heavy atom. The minimum atomic E-state index is 0.722. The maximum Gasteiger partial charge on any atom is 0.119 e. The van der Waals surface area contributed by atoms with Crippen LogP contribution in [0.4, 0.5) is 0 Å². The molecule has 0 heterocycles. The zero-order valence-electron chi connectivity index (χ0n) is 10.9. The van der Waals surface area contributed by atoms with Gasteiger partial charge in [0.15, 0.2) is 0 Å². The molecule has 2 aliphatic rings. The second kappa shape index (κ2) is 5.15. The van der Waals surface area contributed by atoms with Gasteiger partial charge >= 0.3 is 0 Å². The maximum atomic E-state index is 5.24. The first kappa shape index (κ1) is 11.8. The molecule has 0 aromatic heterocycles. The molecule has 0 bridgehead atoms. The Bertz CT molecular complexity index is 440. The van der Waals surface area contributed by atoms with E-state index >= 15 is 0 Å². The molecule has 2 aliphatic carbocycles. The van der Waals surface area contributed by atoms with Crippen molar-refractivity contribution < 1.29 is 4.74 Å². The summed E-state index contributed by atoms with van der Waals surface area (Å²) in [5, 5.41) is 3.68. The van der Waals surface area contributed by atoms with Crippen LogP contribution >= 0.6 is 0 Å². The Balaban J connectivity index is 1.45. The molecule has 0 radical (unpaired) electrons. The number of nitrogens with one attached hydrogen (secondary N) is 1. The molecule has 1 aromatic carbocycles. The van der Waals surface area contributed by atoms with Crippen molar-refractivity contribution in [3.63, 3.8) is 0 Å². The van der Waals surface area contributed by atoms with Gasteiger partial charge in [-0.3, -0.25) is 0 Å². The van der Waals surface area contributed by atoms with Crippen molar-refractivity contribution in [3.8, 4) is 5.75 Å². The fraction of sp³-hybridized carbons (Fsp3) is 0.500. The lowest BCUT2D eigenvalue weighted by atomic mass is 9.71. The van der Waals surface area contributed by atoms with Crippen molar-refractivity contribution >= 4 is 0 Å². The number of fused-ring (bicyclic) bond motifs is 1. The van der Waals surface area contributed by atoms with Crippen molar-refractivity contribution in [1.82, 2.24) is 5.32 Å². The summed E-state index contributed by atoms with van der Waals surface area (Å²) in [6.07, 6.45) is 8.49. The van der Waals surface area contributed by atoms with Gasteiger partial charge in [0.1, 0.15) is 5.75 Å². The Morgan fingerprint density at radius 3 is 3.17 bits per heavy atom. The Hall–Kier alpha value is -1.28. The van der Waals surface area contributed by atoms with Crippen LogP contribution in [-0.4, -0.2) is 19.7 Å². The van der Waals surface area contributed by atoms with Gasteiger partial charge in [0.05, 0.1) is 7.11 Å². The second-order valence-corrected chi connectivity index (χ2v) is 5.40. The largest absolute Gasteiger partial charge is 0.497 e. The fourth-order valence-corrected chi connectivity index (χ4v) is 3.18. The molecule has 1 aromatic rings. The predicted octanol–water partition coefficient (Wildman–Crippen LogP) is 2.79. The first-order valence-corrected chi connectivity index (χ1v) is 6.90. The summed E-state index contributed by atoms with van der Waals surface area (Å²) >= 11 is 0. The molecule has 0 aliphatic heterocycles. The van der Waals surface area contributed by atoms with Crippen LogP contribution in [0.5, 0.6) is 5.75 Å². The molecule has 2 nitrogen and oxygen atoms in total. The highest BCUT2D eigenvalue weighted by Gasteiger charge is 2.40. The molecule has 1 N–H and O–H groups in total. The molecule has 3 rings (SSSR count). The monoisotopic (exact) mass is 243 g/mol. The number of hydrogen-bond acceptors (Lipinski definition) is 2. The Labute approximate surface area is 109 Å². The summed E-state index contributed by atoms with van der Waals surface area (Å²) < 4.78 is 5.24. The van der Waals surface area contributed by atoms with Gasteiger partial charge in [0, 0.05) is 6.04 Å². The lowest BCUT2D eigenvalue weighted by Gasteiger charge is -2.40. The van der Waals surface area contributed by atoms with E-state index in [0.717, 1.165) is 36.6 Å². The number of ether oxygens (including phenoxy) is 1. The van der Waals surface area contributed by atoms with Gasteiger partial charge in [-0.1, -0.05) is 24.3 Å². The van der Waals surface area contributed by atoms with Gasteiger partial charge in [-0.2, -0.15) is 0 Å². The lowest BCUT2D eigenvalue weighted by Crippen LogP contribution is -2.48. The third kappa shape index (κ3) is 2.30. The fourth-order valence-electron chi connectivity index (χ4n) is 3.18. The van der Waals surface area contributed by atoms with Gasteiger partial charge in [-0.15, -0.1) is 0 Å². The van der Waals surface area contributed by atoms with Gasteiger partial charge in [-0.05, 0) is 55.3 Å². The van der Waals surface area contributed by atoms with Crippen molar-refractivity contribution in [1.29, 1.82) is 0 Å². The first-order chi connectivity index (χ1) is 8.86. The van der Waals surface area contributed by atoms with Crippen LogP contribution < -0.4 is 10.1 Å². The highest BCUT2D eigenvalue weighted by Crippen LogP contribution is 2.42. The average Bonchev–Trinajstić information content (AvgIpc) is 2.76. The zero-order valence-corrected chi connectivity index (χ0v) is 10.9. The highest BCUT2D eigenvalue weighted by molar-refractivity contribution is 5.28. The van der Waals surface area contributed by atoms with E-state index in [1.807, 2.05) is 6.07 Å². The summed E-state index contributed by atoms with van der Waals surface area (Å²) in [7, 11) is 1.72. The maximum absolute atomic E-state index is 5.24. The molecule has 3 unspecified atom stereocenters. The summed E-state index contributed by atoms with van der Waals surface area (Å²) in [5.74, 6) is 2.71. The van der Waals surface area contributed by atoms with E-state index in [4.69, 9.17) is 4.74 Å². The number of rotatable bonds is 5. The van der Waals surface area contributed by atoms with Crippen LogP contribution in [0.3, 0.4) is 0 Å². The minimum absolute atomic E-state index is 0.722. The quantitative estimate of drug-likeness (QED) is 0.803. The Morgan fingerprint density at radius 1 is 1.39 bits per heavy atom. The third-order valence-corrected chi connectivity index (χ3v) is 4.32. The molecular weight excluding hydrogens is 222 g/mol. The van der Waals surface area contributed by atoms with Crippen LogP contribution in [0.15, 0.2) is 36.4 Å². The predicted molar refractivity (Wildman–Crippen MR) is 73.8 cm³/mol. The van der Waals surface area contributed by atoms with Crippen molar-refractivity contribution in [2.75, 3.05) is 13.7 Å². The van der Waals surface area contributed by atoms with Crippen LogP contribution in [0.2, 0.25) is 0 Å². The van der Waals surface area contributed by atoms with Crippen LogP contribution in [0, 0.1) is 11.8 Å². The van der Waals surface area contributed by atoms with E-state index in [1.165, 1.54) is 18.4 Å². The molecular formula is C16H21NO. The van der Waals surface area contributed by atoms with Gasteiger partial charge < -0.3 is 10.1 Å². The molecule has 0 saturated heterocycles. The van der Waals surface area contributed by atoms with E-state index in [9.17, 15) is 0 Å². The van der Waals surface area contributed by atoms with Crippen LogP contribution in [0.1, 0.15) is 18.4 Å². The zero-order chi connectivity index (χ0) is 12.4. The summed E-state index contributed by atoms with van der Waals surface area (Å²) in [6.45, 7) is 1.06. The molecule has 3 atom stereocenters. The summed E-state index contributed by atoms with van der Waals surface area (Å²) in [6, 6.07) is 9.08. The van der Waals surface area contributed by atoms with E-state index in [2.05, 4.69) is 35.7 Å². The smallest absolute Gasteiger partial charge is 0.119 e. The number of methoxy groups -OCH3 is 1. The number of allylic oxidation sites excluding steroid dienone is 1. The van der Waals surface area contributed by atoms with E-state index < -0.39 is 0 Å². The van der Waals surface area contributed by atoms with Crippen LogP contribution in [-0.2, 0) is 6.42 Å². The first-order valence-electron chi connectivity index (χ1n) is 6.90. The molecule has 18 heavy (non-hydrogen) atoms. The average molecular weight is 243 g/mol. The molecule has 1 saturated carbocycles. The molecule has 0 spiro atoms. The van der Waals surface area contributed by atoms with Crippen molar-refractivity contribution in [2.45, 2.75) is 25.3 Å². The van der Waals surface area contributed by atoms with Crippen molar-refractivity contribution in [2.24, 2.45) is 11.8 Å². The standard InChI is InChI=1S/C16H21NO/c1-18-14-6-2-4-12(10-14)8-9-17-16-11-13-5-3-7-15(13)16/h2-4,6-7,10,13,15-17H,5,8-9,11H2,1H3. The minimum Gasteiger partial charge on any atom is -0.497 e. The number of hydrogen-bond donors (Lipinski definition) is 1. The molecule has 0 amide bonds. The lowest BCUT2D eigenvalue weighted by molar-refractivity contribution is 0.164. The molecule has 2 heteroatoms. The second-order valence-electron chi connectivity index (χ2n) is 5.40. The van der Waals surface area contributed by atoms with E-state index in [1.54, 1.807) is 7.11 Å². The van der Waals surface area contributed by atoms with Gasteiger partial charge in [0.2, 0.25) is 0 Å². The van der Waals surface area contributed by atoms with Gasteiger partial charge in [0.25, 0.3) is 0 Å². The van der Waals surface area contributed by atoms with Crippen molar-refractivity contribution in [3.05, 3.63) is 42.0 Å². The van der Waals surface area contributed by atoms with Gasteiger partial charge in [-0.25, -0.2) is 0 Å². The SMILES string of the molecule is COc1cccc(CCNC2CC3CC=CC32)c1. The highest BCUT2D eigenvalue weighted by atomic mass is 16.5. The normalized spacial score (nSPS) is 28.8. The summed E-state index contributed by atoms with van der Waals surface area (Å²) in [4.78, 5) is 0. The summed E-state index contributed by atoms with van der Waals surface area (Å²) in [5.41, 5.74) is 1.35. The third-order valence-electron chi connectivity index (χ3n) is 4.32. The topological polar surface area (TPSA) is 21.3 Å². The molecule has 1 fully saturated rings. The Kier molecular flexibility index (Phi) is 3.37. The number of benzene rings is 1. The van der Waals surface area contributed by atoms with E-state index in [0.29, 0.717) is 0 Å². The van der Waals surface area contributed by atoms with E-state index in [-0.39, 0.29) is 0 Å². The molecule has 96 valence electrons. The van der Waals surface area contributed by atoms with Crippen LogP contribution in [0.25, 0.3) is 0 Å².